The number of hydrogen-bond donors (Lipinski definition) is 2. The maximum atomic E-state index is 11.8. The Kier molecular flexibility index (Phi) is 7.19. The third-order valence-corrected chi connectivity index (χ3v) is 3.39. The van der Waals surface area contributed by atoms with Gasteiger partial charge in [-0.1, -0.05) is 12.1 Å². The third-order valence-electron chi connectivity index (χ3n) is 3.39. The monoisotopic (exact) mass is 312 g/mol. The summed E-state index contributed by atoms with van der Waals surface area (Å²) in [5, 5.41) is 2.37. The van der Waals surface area contributed by atoms with Crippen molar-refractivity contribution in [3.8, 4) is 5.75 Å². The number of carbonyl (C=O) groups excluding carboxylic acids is 2. The smallest absolute Gasteiger partial charge is 0.234 e. The van der Waals surface area contributed by atoms with E-state index in [1.54, 1.807) is 0 Å². The Balaban J connectivity index is 0.00000220. The summed E-state index contributed by atoms with van der Waals surface area (Å²) in [5.74, 6) is 0.154. The second kappa shape index (κ2) is 8.64. The fraction of sp³-hybridized carbons (Fsp3) is 0.467. The van der Waals surface area contributed by atoms with Crippen molar-refractivity contribution in [1.29, 1.82) is 0 Å². The van der Waals surface area contributed by atoms with Crippen molar-refractivity contribution in [2.24, 2.45) is 5.73 Å². The van der Waals surface area contributed by atoms with Crippen molar-refractivity contribution in [3.05, 3.63) is 29.8 Å². The zero-order valence-corrected chi connectivity index (χ0v) is 12.7. The molecule has 3 N–H and O–H groups in total. The number of unbranched alkanes of at least 4 members (excludes halogenated alkanes) is 1. The molecule has 21 heavy (non-hydrogen) atoms. The Bertz CT molecular complexity index is 476. The van der Waals surface area contributed by atoms with Gasteiger partial charge in [0.05, 0.1) is 12.5 Å². The average Bonchev–Trinajstić information content (AvgIpc) is 2.45. The Morgan fingerprint density at radius 2 is 1.90 bits per heavy atom. The molecule has 1 aliphatic heterocycles. The van der Waals surface area contributed by atoms with Gasteiger partial charge < -0.3 is 10.5 Å². The van der Waals surface area contributed by atoms with Crippen LogP contribution in [0.15, 0.2) is 24.3 Å². The summed E-state index contributed by atoms with van der Waals surface area (Å²) < 4.78 is 5.58. The van der Waals surface area contributed by atoms with Crippen molar-refractivity contribution in [1.82, 2.24) is 5.32 Å². The summed E-state index contributed by atoms with van der Waals surface area (Å²) in [7, 11) is 0. The van der Waals surface area contributed by atoms with Crippen molar-refractivity contribution >= 4 is 24.2 Å². The predicted molar refractivity (Wildman–Crippen MR) is 82.6 cm³/mol. The van der Waals surface area contributed by atoms with Crippen LogP contribution in [-0.2, 0) is 9.59 Å². The zero-order chi connectivity index (χ0) is 14.4. The van der Waals surface area contributed by atoms with Crippen LogP contribution in [0.2, 0.25) is 0 Å². The van der Waals surface area contributed by atoms with Crippen LogP contribution in [0.5, 0.6) is 5.75 Å². The summed E-state index contributed by atoms with van der Waals surface area (Å²) in [6.07, 6.45) is 2.86. The van der Waals surface area contributed by atoms with Gasteiger partial charge in [0.2, 0.25) is 11.8 Å². The molecule has 0 saturated carbocycles. The zero-order valence-electron chi connectivity index (χ0n) is 11.8. The van der Waals surface area contributed by atoms with Crippen LogP contribution in [0.25, 0.3) is 0 Å². The number of imide groups is 1. The van der Waals surface area contributed by atoms with Crippen LogP contribution < -0.4 is 15.8 Å². The molecule has 0 aromatic heterocycles. The number of carbonyl (C=O) groups is 2. The lowest BCUT2D eigenvalue weighted by molar-refractivity contribution is -0.134. The molecule has 2 rings (SSSR count). The van der Waals surface area contributed by atoms with Gasteiger partial charge in [0.15, 0.2) is 0 Å². The second-order valence-electron chi connectivity index (χ2n) is 4.92. The minimum absolute atomic E-state index is 0. The molecule has 0 radical (unpaired) electrons. The molecule has 1 heterocycles. The lowest BCUT2D eigenvalue weighted by atomic mass is 9.90. The second-order valence-corrected chi connectivity index (χ2v) is 4.92. The molecule has 2 amide bonds. The molecule has 116 valence electrons. The summed E-state index contributed by atoms with van der Waals surface area (Å²) in [4.78, 5) is 22.9. The van der Waals surface area contributed by atoms with E-state index in [1.807, 2.05) is 24.3 Å². The van der Waals surface area contributed by atoms with Crippen LogP contribution >= 0.6 is 12.4 Å². The summed E-state index contributed by atoms with van der Waals surface area (Å²) in [6, 6.07) is 7.50. The van der Waals surface area contributed by atoms with Gasteiger partial charge in [-0.3, -0.25) is 14.9 Å². The normalized spacial score (nSPS) is 17.9. The minimum Gasteiger partial charge on any atom is -0.494 e. The highest BCUT2D eigenvalue weighted by Crippen LogP contribution is 2.26. The van der Waals surface area contributed by atoms with Gasteiger partial charge in [0.1, 0.15) is 5.75 Å². The summed E-state index contributed by atoms with van der Waals surface area (Å²) >= 11 is 0. The average molecular weight is 313 g/mol. The van der Waals surface area contributed by atoms with E-state index in [4.69, 9.17) is 10.5 Å². The molecule has 5 nitrogen and oxygen atoms in total. The molecular weight excluding hydrogens is 292 g/mol. The molecule has 1 aliphatic rings. The molecule has 0 spiro atoms. The van der Waals surface area contributed by atoms with Crippen molar-refractivity contribution in [2.45, 2.75) is 31.6 Å². The number of piperidine rings is 1. The van der Waals surface area contributed by atoms with Gasteiger partial charge in [-0.05, 0) is 43.5 Å². The molecule has 1 atom stereocenters. The van der Waals surface area contributed by atoms with Crippen molar-refractivity contribution < 1.29 is 14.3 Å². The lowest BCUT2D eigenvalue weighted by Gasteiger charge is -2.21. The SMILES string of the molecule is Cl.NCCCCOc1ccc(C2CCC(=O)NC2=O)cc1. The number of hydrogen-bond acceptors (Lipinski definition) is 4. The van der Waals surface area contributed by atoms with E-state index in [2.05, 4.69) is 5.32 Å². The minimum atomic E-state index is -0.237. The maximum absolute atomic E-state index is 11.8. The van der Waals surface area contributed by atoms with Crippen LogP contribution in [0.3, 0.4) is 0 Å². The van der Waals surface area contributed by atoms with Crippen LogP contribution in [0.4, 0.5) is 0 Å². The van der Waals surface area contributed by atoms with Gasteiger partial charge in [-0.25, -0.2) is 0 Å². The molecule has 0 bridgehead atoms. The molecule has 1 unspecified atom stereocenters. The maximum Gasteiger partial charge on any atom is 0.234 e. The number of nitrogens with two attached hydrogens (primary N) is 1. The Morgan fingerprint density at radius 1 is 1.19 bits per heavy atom. The van der Waals surface area contributed by atoms with E-state index >= 15 is 0 Å². The van der Waals surface area contributed by atoms with Crippen LogP contribution in [0, 0.1) is 0 Å². The highest BCUT2D eigenvalue weighted by atomic mass is 35.5. The Hall–Kier alpha value is -1.59. The first-order valence-electron chi connectivity index (χ1n) is 6.97. The number of benzene rings is 1. The van der Waals surface area contributed by atoms with E-state index < -0.39 is 0 Å². The largest absolute Gasteiger partial charge is 0.494 e. The quantitative estimate of drug-likeness (QED) is 0.619. The Labute approximate surface area is 130 Å². The molecule has 1 saturated heterocycles. The summed E-state index contributed by atoms with van der Waals surface area (Å²) in [5.41, 5.74) is 6.34. The van der Waals surface area contributed by atoms with E-state index in [-0.39, 0.29) is 30.1 Å². The number of rotatable bonds is 6. The molecule has 0 aliphatic carbocycles. The molecule has 1 aromatic rings. The van der Waals surface area contributed by atoms with E-state index in [0.29, 0.717) is 26.0 Å². The van der Waals surface area contributed by atoms with Crippen molar-refractivity contribution in [2.75, 3.05) is 13.2 Å². The first-order valence-corrected chi connectivity index (χ1v) is 6.97. The molecule has 6 heteroatoms. The first kappa shape index (κ1) is 17.5. The Morgan fingerprint density at radius 3 is 2.52 bits per heavy atom. The highest BCUT2D eigenvalue weighted by molar-refractivity contribution is 6.00. The van der Waals surface area contributed by atoms with Crippen LogP contribution in [0.1, 0.15) is 37.2 Å². The van der Waals surface area contributed by atoms with E-state index in [1.165, 1.54) is 0 Å². The van der Waals surface area contributed by atoms with Gasteiger partial charge in [0, 0.05) is 6.42 Å². The van der Waals surface area contributed by atoms with E-state index in [0.717, 1.165) is 24.2 Å². The fourth-order valence-electron chi connectivity index (χ4n) is 2.24. The number of amides is 2. The summed E-state index contributed by atoms with van der Waals surface area (Å²) in [6.45, 7) is 1.33. The lowest BCUT2D eigenvalue weighted by Crippen LogP contribution is -2.39. The van der Waals surface area contributed by atoms with Gasteiger partial charge in [0.25, 0.3) is 0 Å². The van der Waals surface area contributed by atoms with Gasteiger partial charge in [-0.15, -0.1) is 12.4 Å². The van der Waals surface area contributed by atoms with Gasteiger partial charge in [-0.2, -0.15) is 0 Å². The third kappa shape index (κ3) is 5.02. The number of nitrogens with one attached hydrogen (secondary N) is 1. The van der Waals surface area contributed by atoms with Gasteiger partial charge >= 0.3 is 0 Å². The molecule has 1 fully saturated rings. The molecular formula is C15H21ClN2O3. The number of ether oxygens (including phenoxy) is 1. The fourth-order valence-corrected chi connectivity index (χ4v) is 2.24. The molecule has 1 aromatic carbocycles. The van der Waals surface area contributed by atoms with E-state index in [9.17, 15) is 9.59 Å². The highest BCUT2D eigenvalue weighted by Gasteiger charge is 2.27. The predicted octanol–water partition coefficient (Wildman–Crippen LogP) is 1.75. The standard InChI is InChI=1S/C15H20N2O3.ClH/c16-9-1-2-10-20-12-5-3-11(4-6-12)13-7-8-14(18)17-15(13)19;/h3-6,13H,1-2,7-10,16H2,(H,17,18,19);1H. The number of halogens is 1. The topological polar surface area (TPSA) is 81.4 Å². The van der Waals surface area contributed by atoms with Crippen LogP contribution in [-0.4, -0.2) is 25.0 Å². The van der Waals surface area contributed by atoms with Crippen molar-refractivity contribution in [3.63, 3.8) is 0 Å². The first-order chi connectivity index (χ1) is 9.70.